The van der Waals surface area contributed by atoms with Gasteiger partial charge in [-0.15, -0.1) is 0 Å². The first-order valence-corrected chi connectivity index (χ1v) is 7.17. The molecule has 0 aromatic heterocycles. The summed E-state index contributed by atoms with van der Waals surface area (Å²) in [4.78, 5) is 0. The third kappa shape index (κ3) is 4.33. The standard InChI is InChI=1S/C16H21FN2/c17-15-7-4-5-13(11-15)9-10-19-16-8-3-1-2-6-14(16)12-18/h4-5,7,11,14,16,19H,1-3,6,8-10H2. The van der Waals surface area contributed by atoms with Crippen LogP contribution in [0.2, 0.25) is 0 Å². The van der Waals surface area contributed by atoms with E-state index in [1.54, 1.807) is 12.1 Å². The van der Waals surface area contributed by atoms with Gasteiger partial charge in [-0.3, -0.25) is 0 Å². The van der Waals surface area contributed by atoms with E-state index in [2.05, 4.69) is 11.4 Å². The molecule has 1 aliphatic carbocycles. The number of nitrogens with one attached hydrogen (secondary N) is 1. The molecule has 2 atom stereocenters. The van der Waals surface area contributed by atoms with E-state index < -0.39 is 0 Å². The highest BCUT2D eigenvalue weighted by atomic mass is 19.1. The van der Waals surface area contributed by atoms with Crippen LogP contribution in [0, 0.1) is 23.1 Å². The Morgan fingerprint density at radius 1 is 1.26 bits per heavy atom. The molecule has 1 fully saturated rings. The number of benzene rings is 1. The van der Waals surface area contributed by atoms with Crippen LogP contribution in [0.1, 0.15) is 37.7 Å². The first kappa shape index (κ1) is 14.0. The second kappa shape index (κ2) is 7.25. The van der Waals surface area contributed by atoms with Crippen molar-refractivity contribution < 1.29 is 4.39 Å². The molecule has 1 aliphatic rings. The Morgan fingerprint density at radius 2 is 2.11 bits per heavy atom. The summed E-state index contributed by atoms with van der Waals surface area (Å²) < 4.78 is 13.1. The van der Waals surface area contributed by atoms with Gasteiger partial charge in [-0.05, 0) is 43.5 Å². The fourth-order valence-electron chi connectivity index (χ4n) is 2.80. The molecule has 19 heavy (non-hydrogen) atoms. The second-order valence-corrected chi connectivity index (χ2v) is 5.31. The van der Waals surface area contributed by atoms with Gasteiger partial charge >= 0.3 is 0 Å². The zero-order valence-corrected chi connectivity index (χ0v) is 11.2. The lowest BCUT2D eigenvalue weighted by atomic mass is 9.96. The lowest BCUT2D eigenvalue weighted by Crippen LogP contribution is -2.36. The van der Waals surface area contributed by atoms with Crippen LogP contribution in [0.3, 0.4) is 0 Å². The molecule has 1 N–H and O–H groups in total. The number of hydrogen-bond donors (Lipinski definition) is 1. The summed E-state index contributed by atoms with van der Waals surface area (Å²) in [5, 5.41) is 12.7. The zero-order chi connectivity index (χ0) is 13.5. The average molecular weight is 260 g/mol. The molecule has 0 saturated heterocycles. The number of hydrogen-bond acceptors (Lipinski definition) is 2. The van der Waals surface area contributed by atoms with Gasteiger partial charge in [-0.1, -0.05) is 31.4 Å². The van der Waals surface area contributed by atoms with E-state index in [1.807, 2.05) is 6.07 Å². The Morgan fingerprint density at radius 3 is 2.89 bits per heavy atom. The van der Waals surface area contributed by atoms with Gasteiger partial charge < -0.3 is 5.32 Å². The van der Waals surface area contributed by atoms with Crippen molar-refractivity contribution in [2.45, 2.75) is 44.6 Å². The maximum atomic E-state index is 13.1. The fraction of sp³-hybridized carbons (Fsp3) is 0.562. The second-order valence-electron chi connectivity index (χ2n) is 5.31. The maximum Gasteiger partial charge on any atom is 0.123 e. The van der Waals surface area contributed by atoms with E-state index in [9.17, 15) is 9.65 Å². The Bertz CT molecular complexity index is 439. The summed E-state index contributed by atoms with van der Waals surface area (Å²) in [5.41, 5.74) is 1.01. The molecule has 2 unspecified atom stereocenters. The molecular formula is C16H21FN2. The SMILES string of the molecule is N#CC1CCCCCC1NCCc1cccc(F)c1. The van der Waals surface area contributed by atoms with Crippen molar-refractivity contribution in [3.05, 3.63) is 35.6 Å². The highest BCUT2D eigenvalue weighted by Gasteiger charge is 2.22. The van der Waals surface area contributed by atoms with E-state index >= 15 is 0 Å². The zero-order valence-electron chi connectivity index (χ0n) is 11.2. The summed E-state index contributed by atoms with van der Waals surface area (Å²) in [6, 6.07) is 9.47. The molecule has 102 valence electrons. The molecule has 1 aromatic rings. The van der Waals surface area contributed by atoms with Crippen LogP contribution in [0.4, 0.5) is 4.39 Å². The molecule has 0 amide bonds. The van der Waals surface area contributed by atoms with E-state index in [-0.39, 0.29) is 11.7 Å². The summed E-state index contributed by atoms with van der Waals surface area (Å²) >= 11 is 0. The number of nitriles is 1. The van der Waals surface area contributed by atoms with Gasteiger partial charge in [0.15, 0.2) is 0 Å². The third-order valence-corrected chi connectivity index (χ3v) is 3.89. The maximum absolute atomic E-state index is 13.1. The van der Waals surface area contributed by atoms with Crippen LogP contribution in [0.5, 0.6) is 0 Å². The molecular weight excluding hydrogens is 239 g/mol. The Balaban J connectivity index is 1.82. The smallest absolute Gasteiger partial charge is 0.123 e. The topological polar surface area (TPSA) is 35.8 Å². The highest BCUT2D eigenvalue weighted by molar-refractivity contribution is 5.16. The van der Waals surface area contributed by atoms with Gasteiger partial charge in [0.2, 0.25) is 0 Å². The van der Waals surface area contributed by atoms with Gasteiger partial charge in [-0.25, -0.2) is 4.39 Å². The third-order valence-electron chi connectivity index (χ3n) is 3.89. The van der Waals surface area contributed by atoms with Crippen molar-refractivity contribution in [2.24, 2.45) is 5.92 Å². The predicted molar refractivity (Wildman–Crippen MR) is 74.1 cm³/mol. The lowest BCUT2D eigenvalue weighted by molar-refractivity contribution is 0.397. The Labute approximate surface area is 114 Å². The lowest BCUT2D eigenvalue weighted by Gasteiger charge is -2.20. The normalized spacial score (nSPS) is 23.6. The molecule has 0 radical (unpaired) electrons. The molecule has 1 saturated carbocycles. The molecule has 3 heteroatoms. The minimum absolute atomic E-state index is 0.134. The van der Waals surface area contributed by atoms with Crippen molar-refractivity contribution >= 4 is 0 Å². The van der Waals surface area contributed by atoms with E-state index in [1.165, 1.54) is 25.3 Å². The van der Waals surface area contributed by atoms with Crippen LogP contribution in [-0.2, 0) is 6.42 Å². The van der Waals surface area contributed by atoms with Crippen molar-refractivity contribution in [1.29, 1.82) is 5.26 Å². The number of halogens is 1. The van der Waals surface area contributed by atoms with Crippen molar-refractivity contribution in [2.75, 3.05) is 6.54 Å². The monoisotopic (exact) mass is 260 g/mol. The molecule has 0 bridgehead atoms. The summed E-state index contributed by atoms with van der Waals surface area (Å²) in [6.45, 7) is 0.812. The summed E-state index contributed by atoms with van der Waals surface area (Å²) in [6.07, 6.45) is 6.51. The number of nitrogens with zero attached hydrogens (tertiary/aromatic N) is 1. The van der Waals surface area contributed by atoms with Crippen molar-refractivity contribution in [1.82, 2.24) is 5.32 Å². The Hall–Kier alpha value is -1.40. The number of rotatable bonds is 4. The summed E-state index contributed by atoms with van der Waals surface area (Å²) in [5.74, 6) is -0.0446. The Kier molecular flexibility index (Phi) is 5.35. The minimum Gasteiger partial charge on any atom is -0.312 e. The van der Waals surface area contributed by atoms with Gasteiger partial charge in [0.25, 0.3) is 0 Å². The van der Waals surface area contributed by atoms with Gasteiger partial charge in [0.1, 0.15) is 5.82 Å². The molecule has 2 nitrogen and oxygen atoms in total. The average Bonchev–Trinajstić information content (AvgIpc) is 2.64. The predicted octanol–water partition coefficient (Wildman–Crippen LogP) is 3.43. The molecule has 2 rings (SSSR count). The van der Waals surface area contributed by atoms with Gasteiger partial charge in [0, 0.05) is 6.04 Å². The van der Waals surface area contributed by atoms with Gasteiger partial charge in [0.05, 0.1) is 12.0 Å². The van der Waals surface area contributed by atoms with Crippen LogP contribution in [0.25, 0.3) is 0 Å². The molecule has 0 heterocycles. The van der Waals surface area contributed by atoms with Crippen LogP contribution in [0.15, 0.2) is 24.3 Å². The minimum atomic E-state index is -0.179. The van der Waals surface area contributed by atoms with Crippen molar-refractivity contribution in [3.8, 4) is 6.07 Å². The molecule has 1 aromatic carbocycles. The highest BCUT2D eigenvalue weighted by Crippen LogP contribution is 2.22. The first-order valence-electron chi connectivity index (χ1n) is 7.17. The van der Waals surface area contributed by atoms with Gasteiger partial charge in [-0.2, -0.15) is 5.26 Å². The van der Waals surface area contributed by atoms with Crippen LogP contribution < -0.4 is 5.32 Å². The van der Waals surface area contributed by atoms with E-state index in [4.69, 9.17) is 0 Å². The first-order chi connectivity index (χ1) is 9.29. The van der Waals surface area contributed by atoms with Crippen LogP contribution in [-0.4, -0.2) is 12.6 Å². The van der Waals surface area contributed by atoms with Crippen LogP contribution >= 0.6 is 0 Å². The quantitative estimate of drug-likeness (QED) is 0.842. The molecule has 0 aliphatic heterocycles. The van der Waals surface area contributed by atoms with Crippen molar-refractivity contribution in [3.63, 3.8) is 0 Å². The van der Waals surface area contributed by atoms with E-state index in [0.717, 1.165) is 31.4 Å². The largest absolute Gasteiger partial charge is 0.312 e. The van der Waals surface area contributed by atoms with E-state index in [0.29, 0.717) is 6.04 Å². The fourth-order valence-corrected chi connectivity index (χ4v) is 2.80. The molecule has 0 spiro atoms. The summed E-state index contributed by atoms with van der Waals surface area (Å²) in [7, 11) is 0.